The van der Waals surface area contributed by atoms with Crippen molar-refractivity contribution in [2.75, 3.05) is 20.7 Å². The third kappa shape index (κ3) is 4.26. The van der Waals surface area contributed by atoms with Gasteiger partial charge >= 0.3 is 5.97 Å². The molecule has 1 amide bonds. The van der Waals surface area contributed by atoms with Gasteiger partial charge in [-0.2, -0.15) is 0 Å². The third-order valence-electron chi connectivity index (χ3n) is 2.68. The second-order valence-electron chi connectivity index (χ2n) is 3.91. The Bertz CT molecular complexity index is 448. The van der Waals surface area contributed by atoms with Crippen LogP contribution in [0.15, 0.2) is 24.3 Å². The molecule has 0 spiro atoms. The fourth-order valence-corrected chi connectivity index (χ4v) is 1.70. The number of hydrogen-bond acceptors (Lipinski definition) is 4. The standard InChI is InChI=1S/C13H18N2O4/c1-14-11(13(17)18)12(16)15-8-7-9-5-3-4-6-10(9)19-2/h3-6,11,14H,7-8H2,1-2H3,(H,15,16)(H,17,18). The molecule has 1 aromatic carbocycles. The summed E-state index contributed by atoms with van der Waals surface area (Å²) in [5, 5.41) is 13.8. The summed E-state index contributed by atoms with van der Waals surface area (Å²) in [6, 6.07) is 6.26. The van der Waals surface area contributed by atoms with E-state index < -0.39 is 17.9 Å². The molecule has 0 radical (unpaired) electrons. The van der Waals surface area contributed by atoms with Gasteiger partial charge in [0.1, 0.15) is 5.75 Å². The molecule has 0 aliphatic rings. The average Bonchev–Trinajstić information content (AvgIpc) is 2.39. The molecular formula is C13H18N2O4. The van der Waals surface area contributed by atoms with Gasteiger partial charge in [0.15, 0.2) is 6.04 Å². The minimum absolute atomic E-state index is 0.352. The molecule has 3 N–H and O–H groups in total. The number of amides is 1. The van der Waals surface area contributed by atoms with Crippen LogP contribution in [0.25, 0.3) is 0 Å². The monoisotopic (exact) mass is 266 g/mol. The molecule has 0 aliphatic carbocycles. The van der Waals surface area contributed by atoms with Gasteiger partial charge in [0.25, 0.3) is 0 Å². The zero-order chi connectivity index (χ0) is 14.3. The van der Waals surface area contributed by atoms with E-state index in [2.05, 4.69) is 10.6 Å². The van der Waals surface area contributed by atoms with E-state index in [1.165, 1.54) is 7.05 Å². The predicted octanol–water partition coefficient (Wildman–Crippen LogP) is 0.0265. The summed E-state index contributed by atoms with van der Waals surface area (Å²) in [7, 11) is 3.01. The van der Waals surface area contributed by atoms with Crippen LogP contribution in [0.3, 0.4) is 0 Å². The number of benzene rings is 1. The Morgan fingerprint density at radius 3 is 2.63 bits per heavy atom. The fraction of sp³-hybridized carbons (Fsp3) is 0.385. The molecule has 0 saturated carbocycles. The fourth-order valence-electron chi connectivity index (χ4n) is 1.70. The molecule has 0 fully saturated rings. The van der Waals surface area contributed by atoms with E-state index in [1.807, 2.05) is 24.3 Å². The van der Waals surface area contributed by atoms with Gasteiger partial charge in [0.2, 0.25) is 5.91 Å². The number of rotatable bonds is 7. The largest absolute Gasteiger partial charge is 0.496 e. The Morgan fingerprint density at radius 1 is 1.37 bits per heavy atom. The first kappa shape index (κ1) is 15.0. The summed E-state index contributed by atoms with van der Waals surface area (Å²) in [5.74, 6) is -0.998. The van der Waals surface area contributed by atoms with E-state index in [4.69, 9.17) is 9.84 Å². The van der Waals surface area contributed by atoms with Crippen LogP contribution in [-0.2, 0) is 16.0 Å². The van der Waals surface area contributed by atoms with E-state index in [0.717, 1.165) is 11.3 Å². The van der Waals surface area contributed by atoms with Crippen LogP contribution in [-0.4, -0.2) is 43.7 Å². The van der Waals surface area contributed by atoms with Gasteiger partial charge in [-0.3, -0.25) is 10.1 Å². The molecule has 1 atom stereocenters. The molecule has 6 heteroatoms. The van der Waals surface area contributed by atoms with Crippen molar-refractivity contribution in [1.82, 2.24) is 10.6 Å². The maximum atomic E-state index is 11.6. The summed E-state index contributed by atoms with van der Waals surface area (Å²) in [5.41, 5.74) is 0.960. The van der Waals surface area contributed by atoms with Gasteiger partial charge in [-0.05, 0) is 25.1 Å². The second-order valence-corrected chi connectivity index (χ2v) is 3.91. The first-order valence-electron chi connectivity index (χ1n) is 5.89. The highest BCUT2D eigenvalue weighted by atomic mass is 16.5. The van der Waals surface area contributed by atoms with Crippen molar-refractivity contribution in [1.29, 1.82) is 0 Å². The Kier molecular flexibility index (Phi) is 5.81. The average molecular weight is 266 g/mol. The number of ether oxygens (including phenoxy) is 1. The number of carbonyl (C=O) groups is 2. The molecular weight excluding hydrogens is 248 g/mol. The zero-order valence-corrected chi connectivity index (χ0v) is 11.0. The quantitative estimate of drug-likeness (QED) is 0.606. The molecule has 0 aliphatic heterocycles. The molecule has 1 unspecified atom stereocenters. The maximum absolute atomic E-state index is 11.6. The van der Waals surface area contributed by atoms with Gasteiger partial charge in [-0.1, -0.05) is 18.2 Å². The number of likely N-dealkylation sites (N-methyl/N-ethyl adjacent to an activating group) is 1. The lowest BCUT2D eigenvalue weighted by Crippen LogP contribution is -2.48. The van der Waals surface area contributed by atoms with Crippen LogP contribution in [0.4, 0.5) is 0 Å². The van der Waals surface area contributed by atoms with E-state index >= 15 is 0 Å². The molecule has 0 saturated heterocycles. The Balaban J connectivity index is 2.50. The molecule has 104 valence electrons. The summed E-state index contributed by atoms with van der Waals surface area (Å²) in [6.45, 7) is 0.352. The Hall–Kier alpha value is -2.08. The van der Waals surface area contributed by atoms with Crippen LogP contribution in [0.1, 0.15) is 5.56 Å². The number of carboxylic acids is 1. The van der Waals surface area contributed by atoms with Crippen LogP contribution in [0.5, 0.6) is 5.75 Å². The van der Waals surface area contributed by atoms with Gasteiger partial charge < -0.3 is 15.2 Å². The van der Waals surface area contributed by atoms with Crippen LogP contribution < -0.4 is 15.4 Å². The van der Waals surface area contributed by atoms with Crippen LogP contribution in [0.2, 0.25) is 0 Å². The highest BCUT2D eigenvalue weighted by Gasteiger charge is 2.23. The van der Waals surface area contributed by atoms with E-state index in [9.17, 15) is 9.59 Å². The lowest BCUT2D eigenvalue weighted by atomic mass is 10.1. The first-order chi connectivity index (χ1) is 9.10. The van der Waals surface area contributed by atoms with Crippen molar-refractivity contribution in [3.63, 3.8) is 0 Å². The molecule has 19 heavy (non-hydrogen) atoms. The minimum Gasteiger partial charge on any atom is -0.496 e. The molecule has 1 aromatic rings. The summed E-state index contributed by atoms with van der Waals surface area (Å²) in [6.07, 6.45) is 0.575. The van der Waals surface area contributed by atoms with Crippen molar-refractivity contribution in [2.45, 2.75) is 12.5 Å². The molecule has 0 heterocycles. The lowest BCUT2D eigenvalue weighted by Gasteiger charge is -2.12. The summed E-state index contributed by atoms with van der Waals surface area (Å²) >= 11 is 0. The topological polar surface area (TPSA) is 87.7 Å². The highest BCUT2D eigenvalue weighted by molar-refractivity contribution is 6.01. The number of aliphatic carboxylic acids is 1. The van der Waals surface area contributed by atoms with Gasteiger partial charge in [-0.25, -0.2) is 4.79 Å². The van der Waals surface area contributed by atoms with E-state index in [1.54, 1.807) is 7.11 Å². The maximum Gasteiger partial charge on any atom is 0.330 e. The third-order valence-corrected chi connectivity index (χ3v) is 2.68. The van der Waals surface area contributed by atoms with Crippen LogP contribution >= 0.6 is 0 Å². The zero-order valence-electron chi connectivity index (χ0n) is 11.0. The van der Waals surface area contributed by atoms with E-state index in [0.29, 0.717) is 13.0 Å². The number of para-hydroxylation sites is 1. The highest BCUT2D eigenvalue weighted by Crippen LogP contribution is 2.17. The SMILES string of the molecule is CNC(C(=O)O)C(=O)NCCc1ccccc1OC. The number of carbonyl (C=O) groups excluding carboxylic acids is 1. The van der Waals surface area contributed by atoms with Gasteiger partial charge in [0.05, 0.1) is 7.11 Å². The smallest absolute Gasteiger partial charge is 0.330 e. The number of nitrogens with one attached hydrogen (secondary N) is 2. The molecule has 6 nitrogen and oxygen atoms in total. The summed E-state index contributed by atoms with van der Waals surface area (Å²) < 4.78 is 5.19. The van der Waals surface area contributed by atoms with E-state index in [-0.39, 0.29) is 0 Å². The number of methoxy groups -OCH3 is 1. The normalized spacial score (nSPS) is 11.7. The lowest BCUT2D eigenvalue weighted by molar-refractivity contribution is -0.143. The molecule has 1 rings (SSSR count). The van der Waals surface area contributed by atoms with Gasteiger partial charge in [-0.15, -0.1) is 0 Å². The van der Waals surface area contributed by atoms with Crippen molar-refractivity contribution in [3.8, 4) is 5.75 Å². The Labute approximate surface area is 111 Å². The summed E-state index contributed by atoms with van der Waals surface area (Å²) in [4.78, 5) is 22.3. The molecule has 0 aromatic heterocycles. The minimum atomic E-state index is -1.22. The van der Waals surface area contributed by atoms with Crippen molar-refractivity contribution in [2.24, 2.45) is 0 Å². The van der Waals surface area contributed by atoms with Gasteiger partial charge in [0, 0.05) is 6.54 Å². The van der Waals surface area contributed by atoms with Crippen molar-refractivity contribution < 1.29 is 19.4 Å². The number of hydrogen-bond donors (Lipinski definition) is 3. The predicted molar refractivity (Wildman–Crippen MR) is 70.2 cm³/mol. The van der Waals surface area contributed by atoms with Crippen molar-refractivity contribution in [3.05, 3.63) is 29.8 Å². The van der Waals surface area contributed by atoms with Crippen molar-refractivity contribution >= 4 is 11.9 Å². The molecule has 0 bridgehead atoms. The number of carboxylic acid groups (broad SMARTS) is 1. The Morgan fingerprint density at radius 2 is 2.05 bits per heavy atom. The van der Waals surface area contributed by atoms with Crippen LogP contribution in [0, 0.1) is 0 Å². The second kappa shape index (κ2) is 7.38. The first-order valence-corrected chi connectivity index (χ1v) is 5.89.